The van der Waals surface area contributed by atoms with E-state index < -0.39 is 0 Å². The number of thioether (sulfide) groups is 1. The Hall–Kier alpha value is -2.34. The molecule has 0 aliphatic heterocycles. The number of hydrogen-bond donors (Lipinski definition) is 2. The van der Waals surface area contributed by atoms with Crippen LogP contribution in [0.1, 0.15) is 25.8 Å². The van der Waals surface area contributed by atoms with Gasteiger partial charge in [0.05, 0.1) is 10.8 Å². The van der Waals surface area contributed by atoms with Gasteiger partial charge >= 0.3 is 0 Å². The first-order chi connectivity index (χ1) is 11.7. The van der Waals surface area contributed by atoms with Gasteiger partial charge in [-0.05, 0) is 36.6 Å². The summed E-state index contributed by atoms with van der Waals surface area (Å²) < 4.78 is 0. The van der Waals surface area contributed by atoms with Crippen molar-refractivity contribution in [2.24, 2.45) is 0 Å². The fourth-order valence-corrected chi connectivity index (χ4v) is 3.41. The molecule has 3 rings (SSSR count). The number of amides is 1. The molecule has 6 heteroatoms. The SMILES string of the molecule is CCc1ccccc1NC(=O)[C@@H](CC)Sc1nc2ncccc2[nH]1. The van der Waals surface area contributed by atoms with Crippen molar-refractivity contribution in [2.75, 3.05) is 5.32 Å². The van der Waals surface area contributed by atoms with E-state index >= 15 is 0 Å². The van der Waals surface area contributed by atoms with Gasteiger partial charge < -0.3 is 10.3 Å². The largest absolute Gasteiger partial charge is 0.332 e. The van der Waals surface area contributed by atoms with E-state index in [0.717, 1.165) is 34.8 Å². The van der Waals surface area contributed by atoms with Crippen molar-refractivity contribution in [1.29, 1.82) is 0 Å². The van der Waals surface area contributed by atoms with Crippen molar-refractivity contribution in [3.8, 4) is 0 Å². The Morgan fingerprint density at radius 3 is 2.83 bits per heavy atom. The molecular weight excluding hydrogens is 320 g/mol. The maximum absolute atomic E-state index is 12.6. The van der Waals surface area contributed by atoms with Gasteiger partial charge in [-0.1, -0.05) is 43.8 Å². The van der Waals surface area contributed by atoms with Crippen molar-refractivity contribution in [3.05, 3.63) is 48.2 Å². The van der Waals surface area contributed by atoms with Crippen molar-refractivity contribution in [2.45, 2.75) is 37.1 Å². The number of carbonyl (C=O) groups excluding carboxylic acids is 1. The van der Waals surface area contributed by atoms with Crippen LogP contribution in [0.5, 0.6) is 0 Å². The Labute approximate surface area is 145 Å². The summed E-state index contributed by atoms with van der Waals surface area (Å²) in [4.78, 5) is 24.5. The van der Waals surface area contributed by atoms with Crippen LogP contribution < -0.4 is 5.32 Å². The van der Waals surface area contributed by atoms with Crippen molar-refractivity contribution < 1.29 is 4.79 Å². The molecule has 1 aromatic carbocycles. The molecule has 0 saturated carbocycles. The zero-order valence-electron chi connectivity index (χ0n) is 13.7. The number of H-pyrrole nitrogens is 1. The summed E-state index contributed by atoms with van der Waals surface area (Å²) in [7, 11) is 0. The monoisotopic (exact) mass is 340 g/mol. The number of fused-ring (bicyclic) bond motifs is 1. The average molecular weight is 340 g/mol. The molecule has 2 heterocycles. The highest BCUT2D eigenvalue weighted by Crippen LogP contribution is 2.26. The molecule has 0 aliphatic carbocycles. The Morgan fingerprint density at radius 1 is 1.25 bits per heavy atom. The highest BCUT2D eigenvalue weighted by molar-refractivity contribution is 8.00. The topological polar surface area (TPSA) is 70.7 Å². The summed E-state index contributed by atoms with van der Waals surface area (Å²) in [6.45, 7) is 4.09. The minimum atomic E-state index is -0.213. The maximum Gasteiger partial charge on any atom is 0.237 e. The number of aromatic nitrogens is 3. The first kappa shape index (κ1) is 16.5. The summed E-state index contributed by atoms with van der Waals surface area (Å²) in [5, 5.41) is 3.55. The summed E-state index contributed by atoms with van der Waals surface area (Å²) in [6, 6.07) is 11.7. The quantitative estimate of drug-likeness (QED) is 0.665. The van der Waals surface area contributed by atoms with E-state index in [-0.39, 0.29) is 11.2 Å². The third-order valence-corrected chi connectivity index (χ3v) is 5.06. The van der Waals surface area contributed by atoms with Crippen LogP contribution in [0.25, 0.3) is 11.2 Å². The van der Waals surface area contributed by atoms with Crippen LogP contribution in [0.3, 0.4) is 0 Å². The van der Waals surface area contributed by atoms with Crippen molar-refractivity contribution in [3.63, 3.8) is 0 Å². The molecule has 0 saturated heterocycles. The number of aromatic amines is 1. The van der Waals surface area contributed by atoms with E-state index in [1.54, 1.807) is 6.20 Å². The van der Waals surface area contributed by atoms with Gasteiger partial charge in [-0.15, -0.1) is 0 Å². The fraction of sp³-hybridized carbons (Fsp3) is 0.278. The van der Waals surface area contributed by atoms with Crippen LogP contribution in [-0.4, -0.2) is 26.1 Å². The number of carbonyl (C=O) groups is 1. The molecule has 2 aromatic heterocycles. The number of rotatable bonds is 6. The molecular formula is C18H20N4OS. The average Bonchev–Trinajstić information content (AvgIpc) is 3.02. The van der Waals surface area contributed by atoms with E-state index in [9.17, 15) is 4.79 Å². The zero-order valence-corrected chi connectivity index (χ0v) is 14.6. The number of nitrogens with one attached hydrogen (secondary N) is 2. The second kappa shape index (κ2) is 7.49. The van der Waals surface area contributed by atoms with Crippen LogP contribution in [-0.2, 0) is 11.2 Å². The van der Waals surface area contributed by atoms with Gasteiger partial charge in [0.2, 0.25) is 5.91 Å². The number of nitrogens with zero attached hydrogens (tertiary/aromatic N) is 2. The lowest BCUT2D eigenvalue weighted by atomic mass is 10.1. The molecule has 1 amide bonds. The zero-order chi connectivity index (χ0) is 16.9. The second-order valence-corrected chi connectivity index (χ2v) is 6.62. The number of para-hydroxylation sites is 1. The van der Waals surface area contributed by atoms with Gasteiger partial charge in [-0.2, -0.15) is 0 Å². The molecule has 1 atom stereocenters. The van der Waals surface area contributed by atoms with Gasteiger partial charge in [-0.25, -0.2) is 9.97 Å². The highest BCUT2D eigenvalue weighted by atomic mass is 32.2. The van der Waals surface area contributed by atoms with Gasteiger partial charge in [-0.3, -0.25) is 4.79 Å². The molecule has 2 N–H and O–H groups in total. The Balaban J connectivity index is 1.74. The highest BCUT2D eigenvalue weighted by Gasteiger charge is 2.20. The summed E-state index contributed by atoms with van der Waals surface area (Å²) in [5.41, 5.74) is 3.58. The fourth-order valence-electron chi connectivity index (χ4n) is 2.50. The summed E-state index contributed by atoms with van der Waals surface area (Å²) in [6.07, 6.45) is 3.31. The Kier molecular flexibility index (Phi) is 5.15. The van der Waals surface area contributed by atoms with Crippen molar-refractivity contribution >= 4 is 34.5 Å². The van der Waals surface area contributed by atoms with E-state index in [1.165, 1.54) is 11.8 Å². The van der Waals surface area contributed by atoms with Crippen molar-refractivity contribution in [1.82, 2.24) is 15.0 Å². The van der Waals surface area contributed by atoms with Gasteiger partial charge in [0.25, 0.3) is 0 Å². The van der Waals surface area contributed by atoms with Gasteiger partial charge in [0, 0.05) is 11.9 Å². The number of pyridine rings is 1. The first-order valence-corrected chi connectivity index (χ1v) is 8.95. The molecule has 124 valence electrons. The molecule has 5 nitrogen and oxygen atoms in total. The molecule has 0 aliphatic rings. The van der Waals surface area contributed by atoms with E-state index in [0.29, 0.717) is 5.65 Å². The second-order valence-electron chi connectivity index (χ2n) is 5.43. The maximum atomic E-state index is 12.6. The predicted molar refractivity (Wildman–Crippen MR) is 98.3 cm³/mol. The minimum absolute atomic E-state index is 0.00295. The Bertz CT molecular complexity index is 813. The number of imidazole rings is 1. The van der Waals surface area contributed by atoms with Crippen LogP contribution in [0.2, 0.25) is 0 Å². The van der Waals surface area contributed by atoms with Crippen LogP contribution in [0.15, 0.2) is 47.8 Å². The number of anilines is 1. The molecule has 0 bridgehead atoms. The number of hydrogen-bond acceptors (Lipinski definition) is 4. The van der Waals surface area contributed by atoms with Gasteiger partial charge in [0.1, 0.15) is 0 Å². The standard InChI is InChI=1S/C18H20N4OS/c1-3-12-8-5-6-9-13(12)20-17(23)15(4-2)24-18-21-14-10-7-11-19-16(14)22-18/h5-11,15H,3-4H2,1-2H3,(H,20,23)(H,19,21,22)/t15-/m1/s1. The number of aryl methyl sites for hydroxylation is 1. The van der Waals surface area contributed by atoms with Crippen LogP contribution >= 0.6 is 11.8 Å². The molecule has 0 fully saturated rings. The summed E-state index contributed by atoms with van der Waals surface area (Å²) in [5.74, 6) is -0.00295. The lowest BCUT2D eigenvalue weighted by Gasteiger charge is -2.15. The molecule has 24 heavy (non-hydrogen) atoms. The third-order valence-electron chi connectivity index (χ3n) is 3.81. The van der Waals surface area contributed by atoms with Crippen LogP contribution in [0.4, 0.5) is 5.69 Å². The predicted octanol–water partition coefficient (Wildman–Crippen LogP) is 4.03. The molecule has 0 radical (unpaired) electrons. The summed E-state index contributed by atoms with van der Waals surface area (Å²) >= 11 is 1.44. The Morgan fingerprint density at radius 2 is 2.08 bits per heavy atom. The van der Waals surface area contributed by atoms with E-state index in [4.69, 9.17) is 0 Å². The first-order valence-electron chi connectivity index (χ1n) is 8.07. The lowest BCUT2D eigenvalue weighted by Crippen LogP contribution is -2.25. The molecule has 0 spiro atoms. The smallest absolute Gasteiger partial charge is 0.237 e. The number of benzene rings is 1. The minimum Gasteiger partial charge on any atom is -0.332 e. The van der Waals surface area contributed by atoms with Gasteiger partial charge in [0.15, 0.2) is 10.8 Å². The van der Waals surface area contributed by atoms with Crippen LogP contribution in [0, 0.1) is 0 Å². The lowest BCUT2D eigenvalue weighted by molar-refractivity contribution is -0.115. The van der Waals surface area contributed by atoms with E-state index in [2.05, 4.69) is 27.2 Å². The third kappa shape index (κ3) is 3.59. The molecule has 0 unspecified atom stereocenters. The normalized spacial score (nSPS) is 12.2. The molecule has 3 aromatic rings. The van der Waals surface area contributed by atoms with E-state index in [1.807, 2.05) is 43.3 Å².